The number of nitrogens with one attached hydrogen (secondary N) is 2. The first-order valence-corrected chi connectivity index (χ1v) is 22.7. The van der Waals surface area contributed by atoms with Crippen molar-refractivity contribution in [2.45, 2.75) is 76.2 Å². The van der Waals surface area contributed by atoms with Crippen LogP contribution in [0.4, 0.5) is 17.1 Å². The first kappa shape index (κ1) is 43.2. The highest BCUT2D eigenvalue weighted by molar-refractivity contribution is 6.09. The number of hydrogen-bond donors (Lipinski definition) is 3. The molecule has 6 aromatic rings. The zero-order valence-corrected chi connectivity index (χ0v) is 36.7. The molecule has 0 radical (unpaired) electrons. The van der Waals surface area contributed by atoms with Crippen molar-refractivity contribution in [3.8, 4) is 22.3 Å². The maximum absolute atomic E-state index is 14.6. The van der Waals surface area contributed by atoms with Gasteiger partial charge in [-0.15, -0.1) is 0 Å². The van der Waals surface area contributed by atoms with Crippen LogP contribution >= 0.6 is 0 Å². The molecule has 0 spiro atoms. The number of carbonyl (C=O) groups is 2. The minimum absolute atomic E-state index is 0.149. The molecule has 320 valence electrons. The number of ketones is 1. The zero-order valence-electron chi connectivity index (χ0n) is 36.7. The molecule has 7 heteroatoms. The van der Waals surface area contributed by atoms with E-state index in [0.717, 1.165) is 41.0 Å². The molecule has 2 aliphatic carbocycles. The van der Waals surface area contributed by atoms with Crippen molar-refractivity contribution in [1.82, 2.24) is 4.90 Å². The topological polar surface area (TPSA) is 99.8 Å². The van der Waals surface area contributed by atoms with Crippen LogP contribution in [-0.4, -0.2) is 43.4 Å². The highest BCUT2D eigenvalue weighted by Gasteiger charge is 2.35. The van der Waals surface area contributed by atoms with Crippen LogP contribution in [0.1, 0.15) is 105 Å². The summed E-state index contributed by atoms with van der Waals surface area (Å²) in [5.41, 5.74) is 20.5. The third kappa shape index (κ3) is 10.3. The number of nitrogens with zero attached hydrogens (tertiary/aromatic N) is 2. The van der Waals surface area contributed by atoms with E-state index in [2.05, 4.69) is 71.0 Å². The van der Waals surface area contributed by atoms with Crippen molar-refractivity contribution in [3.05, 3.63) is 185 Å². The summed E-state index contributed by atoms with van der Waals surface area (Å²) in [7, 11) is 4.30. The molecular formula is C56H59N5O2. The quantitative estimate of drug-likeness (QED) is 0.0795. The fourth-order valence-electron chi connectivity index (χ4n) is 9.52. The highest BCUT2D eigenvalue weighted by atomic mass is 16.1. The molecule has 0 aromatic heterocycles. The smallest absolute Gasteiger partial charge is 0.256 e. The number of hydrogen-bond acceptors (Lipinski definition) is 6. The minimum Gasteiger partial charge on any atom is -0.360 e. The maximum atomic E-state index is 14.6. The molecule has 0 bridgehead atoms. The van der Waals surface area contributed by atoms with Gasteiger partial charge in [0.25, 0.3) is 5.91 Å². The van der Waals surface area contributed by atoms with Gasteiger partial charge in [-0.3, -0.25) is 14.6 Å². The number of benzene rings is 6. The average molecular weight is 834 g/mol. The Morgan fingerprint density at radius 2 is 1.52 bits per heavy atom. The molecule has 4 N–H and O–H groups in total. The summed E-state index contributed by atoms with van der Waals surface area (Å²) >= 11 is 0. The van der Waals surface area contributed by atoms with Crippen molar-refractivity contribution in [3.63, 3.8) is 0 Å². The van der Waals surface area contributed by atoms with E-state index < -0.39 is 0 Å². The predicted octanol–water partition coefficient (Wildman–Crippen LogP) is 12.5. The molecular weight excluding hydrogens is 775 g/mol. The van der Waals surface area contributed by atoms with Gasteiger partial charge < -0.3 is 21.3 Å². The lowest BCUT2D eigenvalue weighted by Crippen LogP contribution is -2.24. The normalized spacial score (nSPS) is 15.7. The number of rotatable bonds is 13. The van der Waals surface area contributed by atoms with Crippen LogP contribution < -0.4 is 16.4 Å². The largest absolute Gasteiger partial charge is 0.360 e. The van der Waals surface area contributed by atoms with Gasteiger partial charge >= 0.3 is 0 Å². The van der Waals surface area contributed by atoms with E-state index in [0.29, 0.717) is 35.7 Å². The van der Waals surface area contributed by atoms with Crippen molar-refractivity contribution in [2.24, 2.45) is 10.7 Å². The zero-order chi connectivity index (χ0) is 43.5. The Balaban J connectivity index is 0.000000428. The van der Waals surface area contributed by atoms with Gasteiger partial charge in [0, 0.05) is 35.8 Å². The fourth-order valence-corrected chi connectivity index (χ4v) is 9.52. The van der Waals surface area contributed by atoms with E-state index in [4.69, 9.17) is 5.73 Å². The molecule has 1 aliphatic heterocycles. The van der Waals surface area contributed by atoms with Gasteiger partial charge in [-0.1, -0.05) is 110 Å². The summed E-state index contributed by atoms with van der Waals surface area (Å²) in [6, 6.07) is 44.3. The Morgan fingerprint density at radius 1 is 0.778 bits per heavy atom. The van der Waals surface area contributed by atoms with Gasteiger partial charge in [0.2, 0.25) is 0 Å². The predicted molar refractivity (Wildman–Crippen MR) is 261 cm³/mol. The van der Waals surface area contributed by atoms with Gasteiger partial charge in [0.15, 0.2) is 5.78 Å². The summed E-state index contributed by atoms with van der Waals surface area (Å²) in [5, 5.41) is 6.19. The van der Waals surface area contributed by atoms with Crippen LogP contribution in [0.3, 0.4) is 0 Å². The van der Waals surface area contributed by atoms with Crippen LogP contribution in [0.15, 0.2) is 151 Å². The van der Waals surface area contributed by atoms with Crippen LogP contribution in [0, 0.1) is 0 Å². The van der Waals surface area contributed by atoms with E-state index >= 15 is 0 Å². The van der Waals surface area contributed by atoms with E-state index in [1.165, 1.54) is 78.3 Å². The van der Waals surface area contributed by atoms with Gasteiger partial charge in [0.1, 0.15) is 0 Å². The van der Waals surface area contributed by atoms with Crippen molar-refractivity contribution in [1.29, 1.82) is 0 Å². The Bertz CT molecular complexity index is 2590. The Hall–Kier alpha value is -6.41. The molecule has 63 heavy (non-hydrogen) atoms. The van der Waals surface area contributed by atoms with E-state index in [-0.39, 0.29) is 17.6 Å². The number of aliphatic imine (C=N–C) groups is 1. The highest BCUT2D eigenvalue weighted by Crippen LogP contribution is 2.48. The molecule has 0 saturated heterocycles. The second-order valence-electron chi connectivity index (χ2n) is 17.2. The molecule has 0 fully saturated rings. The summed E-state index contributed by atoms with van der Waals surface area (Å²) in [6.07, 6.45) is 16.0. The summed E-state index contributed by atoms with van der Waals surface area (Å²) in [6.45, 7) is 1.63. The van der Waals surface area contributed by atoms with E-state index in [1.807, 2.05) is 109 Å². The van der Waals surface area contributed by atoms with Gasteiger partial charge in [-0.2, -0.15) is 0 Å². The monoisotopic (exact) mass is 833 g/mol. The molecule has 2 atom stereocenters. The van der Waals surface area contributed by atoms with Crippen LogP contribution in [0.5, 0.6) is 0 Å². The number of anilines is 2. The van der Waals surface area contributed by atoms with E-state index in [1.54, 1.807) is 6.21 Å². The first-order chi connectivity index (χ1) is 30.9. The number of allylic oxidation sites excluding steroid dienone is 1. The Labute approximate surface area is 373 Å². The minimum atomic E-state index is -0.234. The number of amides is 1. The molecule has 7 nitrogen and oxygen atoms in total. The lowest BCUT2D eigenvalue weighted by atomic mass is 9.69. The Kier molecular flexibility index (Phi) is 14.2. The second-order valence-corrected chi connectivity index (χ2v) is 17.2. The number of fused-ring (bicyclic) bond motifs is 6. The maximum Gasteiger partial charge on any atom is 0.256 e. The summed E-state index contributed by atoms with van der Waals surface area (Å²) < 4.78 is 0. The van der Waals surface area contributed by atoms with Crippen LogP contribution in [-0.2, 0) is 19.4 Å². The SMILES string of the molecule is C1=CNc2ccccc2N=C1.CN(C)CCCCCCC1CCCc2c1ccc1c2C(C(=O)c2ccc(NC(=O)c3ccccc3-c3ccc(CN)cc3)cc2)Cc2ccccc2-1. The molecule has 3 aliphatic rings. The van der Waals surface area contributed by atoms with Crippen molar-refractivity contribution >= 4 is 35.0 Å². The third-order valence-electron chi connectivity index (χ3n) is 12.8. The molecule has 9 rings (SSSR count). The molecule has 6 aromatic carbocycles. The standard InChI is InChI=1S/C47H51N3O2.C9H8N2/c1-50(2)29-10-4-3-5-12-33-14-11-18-41-40(33)27-28-42-39-16-7-6-13-36(39)30-44(45(41)42)46(51)35-23-25-37(26-24-35)49-47(52)43-17-9-8-15-38(43)34-21-19-32(31-48)20-22-34;1-2-5-9-8(4-1)10-6-3-7-11-9/h6-9,13,15-17,19-28,33,44H,3-5,10-12,14,18,29-31,48H2,1-2H3,(H,49,52);1-7,10H. The van der Waals surface area contributed by atoms with Gasteiger partial charge in [-0.05, 0) is 164 Å². The van der Waals surface area contributed by atoms with Crippen LogP contribution in [0.2, 0.25) is 0 Å². The second kappa shape index (κ2) is 20.6. The number of carbonyl (C=O) groups excluding carboxylic acids is 2. The molecule has 1 heterocycles. The first-order valence-electron chi connectivity index (χ1n) is 22.7. The van der Waals surface area contributed by atoms with Gasteiger partial charge in [-0.25, -0.2) is 0 Å². The number of Topliss-reactive ketones (excluding diaryl/α,β-unsaturated/α-hetero) is 1. The molecule has 0 saturated carbocycles. The summed E-state index contributed by atoms with van der Waals surface area (Å²) in [4.78, 5) is 34.6. The third-order valence-corrected chi connectivity index (χ3v) is 12.8. The average Bonchev–Trinajstić information content (AvgIpc) is 3.58. The lowest BCUT2D eigenvalue weighted by molar-refractivity contribution is 0.0957. The van der Waals surface area contributed by atoms with Crippen LogP contribution in [0.25, 0.3) is 22.3 Å². The fraction of sp³-hybridized carbons (Fsp3) is 0.268. The number of para-hydroxylation sites is 2. The molecule has 1 amide bonds. The Morgan fingerprint density at radius 3 is 2.33 bits per heavy atom. The van der Waals surface area contributed by atoms with Crippen molar-refractivity contribution < 1.29 is 9.59 Å². The van der Waals surface area contributed by atoms with Crippen molar-refractivity contribution in [2.75, 3.05) is 31.3 Å². The number of unbranched alkanes of at least 4 members (excludes halogenated alkanes) is 3. The van der Waals surface area contributed by atoms with Gasteiger partial charge in [0.05, 0.1) is 17.3 Å². The lowest BCUT2D eigenvalue weighted by Gasteiger charge is -2.34. The molecule has 2 unspecified atom stereocenters. The number of nitrogens with two attached hydrogens (primary N) is 1. The van der Waals surface area contributed by atoms with E-state index in [9.17, 15) is 9.59 Å². The summed E-state index contributed by atoms with van der Waals surface area (Å²) in [5.74, 6) is 0.290.